The molecule has 0 fully saturated rings. The first-order chi connectivity index (χ1) is 11.1. The molecule has 0 amide bonds. The number of pyridine rings is 2. The van der Waals surface area contributed by atoms with Crippen molar-refractivity contribution in [1.29, 1.82) is 5.26 Å². The normalized spacial score (nSPS) is 12.1. The number of halogens is 1. The van der Waals surface area contributed by atoms with Gasteiger partial charge in [0.1, 0.15) is 18.4 Å². The molecule has 1 N–H and O–H groups in total. The van der Waals surface area contributed by atoms with Crippen molar-refractivity contribution in [1.82, 2.24) is 14.6 Å². The van der Waals surface area contributed by atoms with Crippen molar-refractivity contribution in [3.63, 3.8) is 0 Å². The summed E-state index contributed by atoms with van der Waals surface area (Å²) >= 11 is 0. The second kappa shape index (κ2) is 6.02. The first-order valence-corrected chi connectivity index (χ1v) is 6.93. The summed E-state index contributed by atoms with van der Waals surface area (Å²) in [7, 11) is 0. The van der Waals surface area contributed by atoms with Gasteiger partial charge in [0.05, 0.1) is 29.6 Å². The van der Waals surface area contributed by atoms with Crippen LogP contribution in [-0.4, -0.2) is 32.4 Å². The lowest BCUT2D eigenvalue weighted by Gasteiger charge is -2.11. The number of nitriles is 1. The predicted molar refractivity (Wildman–Crippen MR) is 80.3 cm³/mol. The van der Waals surface area contributed by atoms with Crippen LogP contribution in [-0.2, 0) is 0 Å². The molecule has 1 atom stereocenters. The maximum absolute atomic E-state index is 13.1. The fourth-order valence-electron chi connectivity index (χ4n) is 2.23. The van der Waals surface area contributed by atoms with E-state index in [4.69, 9.17) is 4.74 Å². The van der Waals surface area contributed by atoms with Gasteiger partial charge in [0, 0.05) is 17.3 Å². The van der Waals surface area contributed by atoms with E-state index in [9.17, 15) is 14.8 Å². The molecular formula is C16H13FN4O2. The molecule has 23 heavy (non-hydrogen) atoms. The van der Waals surface area contributed by atoms with Crippen LogP contribution in [0, 0.1) is 17.3 Å². The molecule has 0 saturated heterocycles. The van der Waals surface area contributed by atoms with E-state index in [2.05, 4.69) is 16.2 Å². The monoisotopic (exact) mass is 312 g/mol. The summed E-state index contributed by atoms with van der Waals surface area (Å²) < 4.78 is 20.1. The Kier molecular flexibility index (Phi) is 3.91. The summed E-state index contributed by atoms with van der Waals surface area (Å²) in [6.45, 7) is 1.74. The molecule has 3 heterocycles. The standard InChI is InChI=1S/C16H13FN4O2/c1-10(22)9-23-13-4-14(11-2-3-15(17)19-6-11)16-12(5-18)7-20-21(16)8-13/h2-4,6-8,10,22H,9H2,1H3/t10-/m1/s1. The Balaban J connectivity index is 2.17. The first-order valence-electron chi connectivity index (χ1n) is 6.93. The van der Waals surface area contributed by atoms with Crippen LogP contribution < -0.4 is 4.74 Å². The van der Waals surface area contributed by atoms with E-state index in [-0.39, 0.29) is 6.61 Å². The average Bonchev–Trinajstić information content (AvgIpc) is 2.96. The number of aliphatic hydroxyl groups is 1. The summed E-state index contributed by atoms with van der Waals surface area (Å²) in [6.07, 6.45) is 3.85. The minimum absolute atomic E-state index is 0.124. The summed E-state index contributed by atoms with van der Waals surface area (Å²) in [5.74, 6) is -0.106. The summed E-state index contributed by atoms with van der Waals surface area (Å²) in [5.41, 5.74) is 2.27. The van der Waals surface area contributed by atoms with Crippen molar-refractivity contribution in [3.8, 4) is 22.9 Å². The molecule has 3 rings (SSSR count). The van der Waals surface area contributed by atoms with Crippen LogP contribution in [0.25, 0.3) is 16.6 Å². The van der Waals surface area contributed by atoms with Gasteiger partial charge in [0.25, 0.3) is 0 Å². The van der Waals surface area contributed by atoms with Gasteiger partial charge < -0.3 is 9.84 Å². The van der Waals surface area contributed by atoms with E-state index in [1.165, 1.54) is 23.0 Å². The van der Waals surface area contributed by atoms with Gasteiger partial charge in [0.15, 0.2) is 0 Å². The molecule has 0 aliphatic rings. The lowest BCUT2D eigenvalue weighted by Crippen LogP contribution is -2.13. The lowest BCUT2D eigenvalue weighted by atomic mass is 10.1. The molecule has 7 heteroatoms. The van der Waals surface area contributed by atoms with Crippen LogP contribution in [0.3, 0.4) is 0 Å². The topological polar surface area (TPSA) is 83.4 Å². The molecular weight excluding hydrogens is 299 g/mol. The number of fused-ring (bicyclic) bond motifs is 1. The Labute approximate surface area is 131 Å². The Morgan fingerprint density at radius 1 is 1.43 bits per heavy atom. The molecule has 0 spiro atoms. The third-order valence-electron chi connectivity index (χ3n) is 3.24. The Bertz CT molecular complexity index is 881. The second-order valence-corrected chi connectivity index (χ2v) is 5.08. The Hall–Kier alpha value is -2.98. The van der Waals surface area contributed by atoms with Gasteiger partial charge in [-0.25, -0.2) is 9.50 Å². The van der Waals surface area contributed by atoms with E-state index in [0.717, 1.165) is 0 Å². The molecule has 116 valence electrons. The Morgan fingerprint density at radius 2 is 2.26 bits per heavy atom. The van der Waals surface area contributed by atoms with Gasteiger partial charge in [-0.05, 0) is 25.1 Å². The van der Waals surface area contributed by atoms with Gasteiger partial charge in [-0.2, -0.15) is 14.8 Å². The number of hydrogen-bond donors (Lipinski definition) is 1. The van der Waals surface area contributed by atoms with Gasteiger partial charge in [-0.15, -0.1) is 0 Å². The highest BCUT2D eigenvalue weighted by atomic mass is 19.1. The molecule has 6 nitrogen and oxygen atoms in total. The van der Waals surface area contributed by atoms with Crippen molar-refractivity contribution in [2.75, 3.05) is 6.61 Å². The molecule has 0 saturated carbocycles. The SMILES string of the molecule is C[C@@H](O)COc1cc(-c2ccc(F)nc2)c2c(C#N)cnn2c1. The first kappa shape index (κ1) is 14.9. The minimum atomic E-state index is -0.617. The zero-order valence-electron chi connectivity index (χ0n) is 12.3. The Morgan fingerprint density at radius 3 is 2.91 bits per heavy atom. The van der Waals surface area contributed by atoms with Gasteiger partial charge in [0.2, 0.25) is 5.95 Å². The fraction of sp³-hybridized carbons (Fsp3) is 0.188. The van der Waals surface area contributed by atoms with Crippen molar-refractivity contribution < 1.29 is 14.2 Å². The largest absolute Gasteiger partial charge is 0.489 e. The second-order valence-electron chi connectivity index (χ2n) is 5.08. The fourth-order valence-corrected chi connectivity index (χ4v) is 2.23. The quantitative estimate of drug-likeness (QED) is 0.746. The third kappa shape index (κ3) is 2.98. The number of nitrogens with zero attached hydrogens (tertiary/aromatic N) is 4. The minimum Gasteiger partial charge on any atom is -0.489 e. The molecule has 0 unspecified atom stereocenters. The van der Waals surface area contributed by atoms with Gasteiger partial charge in [-0.1, -0.05) is 0 Å². The molecule has 0 aliphatic heterocycles. The number of hydrogen-bond acceptors (Lipinski definition) is 5. The zero-order valence-corrected chi connectivity index (χ0v) is 12.3. The van der Waals surface area contributed by atoms with Crippen molar-refractivity contribution in [2.24, 2.45) is 0 Å². The molecule has 3 aromatic rings. The van der Waals surface area contributed by atoms with Gasteiger partial charge in [-0.3, -0.25) is 0 Å². The lowest BCUT2D eigenvalue weighted by molar-refractivity contribution is 0.122. The van der Waals surface area contributed by atoms with E-state index >= 15 is 0 Å². The number of aliphatic hydroxyl groups excluding tert-OH is 1. The highest BCUT2D eigenvalue weighted by molar-refractivity contribution is 5.84. The highest BCUT2D eigenvalue weighted by Crippen LogP contribution is 2.30. The van der Waals surface area contributed by atoms with Crippen LogP contribution >= 0.6 is 0 Å². The maximum atomic E-state index is 13.1. The van der Waals surface area contributed by atoms with Crippen molar-refractivity contribution in [3.05, 3.63) is 48.3 Å². The van der Waals surface area contributed by atoms with E-state index in [1.54, 1.807) is 25.3 Å². The van der Waals surface area contributed by atoms with Crippen LogP contribution in [0.15, 0.2) is 36.8 Å². The molecule has 0 bridgehead atoms. The molecule has 0 radical (unpaired) electrons. The highest BCUT2D eigenvalue weighted by Gasteiger charge is 2.14. The molecule has 0 aliphatic carbocycles. The average molecular weight is 312 g/mol. The summed E-state index contributed by atoms with van der Waals surface area (Å²) in [5, 5.41) is 22.7. The smallest absolute Gasteiger partial charge is 0.212 e. The molecule has 0 aromatic carbocycles. The maximum Gasteiger partial charge on any atom is 0.212 e. The molecule has 3 aromatic heterocycles. The van der Waals surface area contributed by atoms with Crippen molar-refractivity contribution in [2.45, 2.75) is 13.0 Å². The third-order valence-corrected chi connectivity index (χ3v) is 3.24. The van der Waals surface area contributed by atoms with E-state index < -0.39 is 12.1 Å². The number of ether oxygens (including phenoxy) is 1. The summed E-state index contributed by atoms with van der Waals surface area (Å²) in [6, 6.07) is 6.62. The number of aromatic nitrogens is 3. The van der Waals surface area contributed by atoms with E-state index in [0.29, 0.717) is 28.0 Å². The van der Waals surface area contributed by atoms with Crippen molar-refractivity contribution >= 4 is 5.52 Å². The van der Waals surface area contributed by atoms with Gasteiger partial charge >= 0.3 is 0 Å². The van der Waals surface area contributed by atoms with Crippen LogP contribution in [0.1, 0.15) is 12.5 Å². The van der Waals surface area contributed by atoms with Crippen LogP contribution in [0.2, 0.25) is 0 Å². The van der Waals surface area contributed by atoms with Crippen LogP contribution in [0.5, 0.6) is 5.75 Å². The summed E-state index contributed by atoms with van der Waals surface area (Å²) in [4.78, 5) is 3.65. The predicted octanol–water partition coefficient (Wildman–Crippen LogP) is 2.17. The van der Waals surface area contributed by atoms with E-state index in [1.807, 2.05) is 0 Å². The number of rotatable bonds is 4. The zero-order chi connectivity index (χ0) is 16.4. The van der Waals surface area contributed by atoms with Crippen LogP contribution in [0.4, 0.5) is 4.39 Å².